The Morgan fingerprint density at radius 3 is 2.90 bits per heavy atom. The summed E-state index contributed by atoms with van der Waals surface area (Å²) in [5.74, 6) is -0.175. The van der Waals surface area contributed by atoms with Gasteiger partial charge in [0.05, 0.1) is 11.7 Å². The van der Waals surface area contributed by atoms with Crippen molar-refractivity contribution >= 4 is 17.3 Å². The van der Waals surface area contributed by atoms with Crippen LogP contribution in [0.2, 0.25) is 0 Å². The summed E-state index contributed by atoms with van der Waals surface area (Å²) >= 11 is 0. The molecule has 0 radical (unpaired) electrons. The van der Waals surface area contributed by atoms with Gasteiger partial charge >= 0.3 is 0 Å². The number of rotatable bonds is 6. The molecule has 1 amide bonds. The number of methoxy groups -OCH3 is 1. The number of aromatic nitrogens is 2. The normalized spacial score (nSPS) is 11.9. The van der Waals surface area contributed by atoms with Crippen LogP contribution in [0, 0.1) is 0 Å². The minimum atomic E-state index is -0.175. The number of carbonyl (C=O) groups is 1. The van der Waals surface area contributed by atoms with Crippen molar-refractivity contribution in [3.63, 3.8) is 0 Å². The van der Waals surface area contributed by atoms with Crippen molar-refractivity contribution in [1.82, 2.24) is 10.2 Å². The zero-order chi connectivity index (χ0) is 14.4. The van der Waals surface area contributed by atoms with Gasteiger partial charge in [0, 0.05) is 24.7 Å². The van der Waals surface area contributed by atoms with E-state index < -0.39 is 0 Å². The average Bonchev–Trinajstić information content (AvgIpc) is 2.93. The molecule has 106 valence electrons. The van der Waals surface area contributed by atoms with Gasteiger partial charge in [-0.2, -0.15) is 5.10 Å². The summed E-state index contributed by atoms with van der Waals surface area (Å²) in [7, 11) is 1.49. The van der Waals surface area contributed by atoms with E-state index in [0.29, 0.717) is 0 Å². The van der Waals surface area contributed by atoms with E-state index in [9.17, 15) is 4.79 Å². The Balaban J connectivity index is 2.00. The van der Waals surface area contributed by atoms with E-state index in [2.05, 4.69) is 20.8 Å². The number of hydrogen-bond acceptors (Lipinski definition) is 4. The van der Waals surface area contributed by atoms with Crippen LogP contribution in [0.4, 0.5) is 11.4 Å². The number of aromatic amines is 1. The van der Waals surface area contributed by atoms with Crippen molar-refractivity contribution in [2.75, 3.05) is 24.4 Å². The maximum Gasteiger partial charge on any atom is 0.250 e. The molecule has 1 aromatic heterocycles. The third-order valence-electron chi connectivity index (χ3n) is 2.79. The number of amides is 1. The van der Waals surface area contributed by atoms with Gasteiger partial charge in [-0.1, -0.05) is 6.07 Å². The van der Waals surface area contributed by atoms with Crippen LogP contribution in [0.25, 0.3) is 0 Å². The smallest absolute Gasteiger partial charge is 0.250 e. The van der Waals surface area contributed by atoms with Gasteiger partial charge < -0.3 is 15.4 Å². The third kappa shape index (κ3) is 3.83. The Morgan fingerprint density at radius 2 is 2.20 bits per heavy atom. The van der Waals surface area contributed by atoms with Gasteiger partial charge in [-0.3, -0.25) is 9.89 Å². The summed E-state index contributed by atoms with van der Waals surface area (Å²) in [6, 6.07) is 9.55. The van der Waals surface area contributed by atoms with Gasteiger partial charge in [0.1, 0.15) is 6.61 Å². The highest BCUT2D eigenvalue weighted by molar-refractivity contribution is 5.92. The van der Waals surface area contributed by atoms with Crippen LogP contribution in [-0.2, 0) is 9.53 Å². The molecule has 0 aliphatic heterocycles. The molecular weight excluding hydrogens is 256 g/mol. The highest BCUT2D eigenvalue weighted by Gasteiger charge is 2.07. The first kappa shape index (κ1) is 14.1. The second kappa shape index (κ2) is 6.72. The SMILES string of the molecule is COCC(=O)Nc1cccc(NC(C)c2ccn[nH]2)c1. The maximum absolute atomic E-state index is 11.5. The quantitative estimate of drug-likeness (QED) is 0.754. The highest BCUT2D eigenvalue weighted by atomic mass is 16.5. The lowest BCUT2D eigenvalue weighted by molar-refractivity contribution is -0.119. The molecule has 1 aromatic carbocycles. The lowest BCUT2D eigenvalue weighted by atomic mass is 10.2. The van der Waals surface area contributed by atoms with Gasteiger partial charge in [-0.25, -0.2) is 0 Å². The second-order valence-electron chi connectivity index (χ2n) is 4.44. The van der Waals surface area contributed by atoms with Crippen molar-refractivity contribution in [2.24, 2.45) is 0 Å². The largest absolute Gasteiger partial charge is 0.377 e. The van der Waals surface area contributed by atoms with Gasteiger partial charge in [0.15, 0.2) is 0 Å². The monoisotopic (exact) mass is 274 g/mol. The second-order valence-corrected chi connectivity index (χ2v) is 4.44. The summed E-state index contributed by atoms with van der Waals surface area (Å²) in [6.07, 6.45) is 1.72. The summed E-state index contributed by atoms with van der Waals surface area (Å²) < 4.78 is 4.78. The number of benzene rings is 1. The zero-order valence-electron chi connectivity index (χ0n) is 11.5. The van der Waals surface area contributed by atoms with Crippen LogP contribution in [-0.4, -0.2) is 29.8 Å². The van der Waals surface area contributed by atoms with Gasteiger partial charge in [-0.15, -0.1) is 0 Å². The number of carbonyl (C=O) groups excluding carboxylic acids is 1. The van der Waals surface area contributed by atoms with Crippen molar-refractivity contribution in [2.45, 2.75) is 13.0 Å². The molecule has 0 saturated heterocycles. The van der Waals surface area contributed by atoms with Gasteiger partial charge in [-0.05, 0) is 31.2 Å². The molecular formula is C14H18N4O2. The molecule has 1 heterocycles. The minimum Gasteiger partial charge on any atom is -0.377 e. The molecule has 6 nitrogen and oxygen atoms in total. The lowest BCUT2D eigenvalue weighted by Gasteiger charge is -2.14. The number of nitrogens with zero attached hydrogens (tertiary/aromatic N) is 1. The number of nitrogens with one attached hydrogen (secondary N) is 3. The molecule has 3 N–H and O–H groups in total. The van der Waals surface area contributed by atoms with E-state index in [0.717, 1.165) is 17.1 Å². The van der Waals surface area contributed by atoms with Gasteiger partial charge in [0.25, 0.3) is 0 Å². The van der Waals surface area contributed by atoms with Gasteiger partial charge in [0.2, 0.25) is 5.91 Å². The molecule has 0 aliphatic rings. The summed E-state index contributed by atoms with van der Waals surface area (Å²) in [5.41, 5.74) is 2.65. The van der Waals surface area contributed by atoms with Crippen LogP contribution < -0.4 is 10.6 Å². The Morgan fingerprint density at radius 1 is 1.40 bits per heavy atom. The number of anilines is 2. The number of hydrogen-bond donors (Lipinski definition) is 3. The van der Waals surface area contributed by atoms with E-state index in [1.807, 2.05) is 37.3 Å². The third-order valence-corrected chi connectivity index (χ3v) is 2.79. The maximum atomic E-state index is 11.5. The Hall–Kier alpha value is -2.34. The van der Waals surface area contributed by atoms with E-state index in [1.165, 1.54) is 7.11 Å². The average molecular weight is 274 g/mol. The van der Waals surface area contributed by atoms with Crippen LogP contribution in [0.5, 0.6) is 0 Å². The van der Waals surface area contributed by atoms with Crippen molar-refractivity contribution in [3.8, 4) is 0 Å². The van der Waals surface area contributed by atoms with E-state index >= 15 is 0 Å². The molecule has 0 fully saturated rings. The first-order valence-electron chi connectivity index (χ1n) is 6.33. The standard InChI is InChI=1S/C14H18N4O2/c1-10(13-6-7-15-18-13)16-11-4-3-5-12(8-11)17-14(19)9-20-2/h3-8,10,16H,9H2,1-2H3,(H,15,18)(H,17,19). The fourth-order valence-corrected chi connectivity index (χ4v) is 1.85. The summed E-state index contributed by atoms with van der Waals surface area (Å²) in [6.45, 7) is 2.08. The topological polar surface area (TPSA) is 79.0 Å². The molecule has 2 rings (SSSR count). The highest BCUT2D eigenvalue weighted by Crippen LogP contribution is 2.20. The predicted octanol–water partition coefficient (Wildman–Crippen LogP) is 2.17. The molecule has 0 bridgehead atoms. The van der Waals surface area contributed by atoms with Crippen LogP contribution >= 0.6 is 0 Å². The minimum absolute atomic E-state index is 0.0439. The summed E-state index contributed by atoms with van der Waals surface area (Å²) in [5, 5.41) is 13.0. The lowest BCUT2D eigenvalue weighted by Crippen LogP contribution is -2.17. The Labute approximate surface area is 117 Å². The fraction of sp³-hybridized carbons (Fsp3) is 0.286. The van der Waals surface area contributed by atoms with E-state index in [4.69, 9.17) is 4.74 Å². The molecule has 6 heteroatoms. The molecule has 0 saturated carbocycles. The number of H-pyrrole nitrogens is 1. The van der Waals surface area contributed by atoms with Crippen molar-refractivity contribution < 1.29 is 9.53 Å². The molecule has 1 unspecified atom stereocenters. The molecule has 20 heavy (non-hydrogen) atoms. The predicted molar refractivity (Wildman–Crippen MR) is 77.6 cm³/mol. The molecule has 0 spiro atoms. The first-order chi connectivity index (χ1) is 9.69. The van der Waals surface area contributed by atoms with Crippen LogP contribution in [0.1, 0.15) is 18.7 Å². The van der Waals surface area contributed by atoms with Crippen LogP contribution in [0.3, 0.4) is 0 Å². The van der Waals surface area contributed by atoms with Crippen molar-refractivity contribution in [1.29, 1.82) is 0 Å². The summed E-state index contributed by atoms with van der Waals surface area (Å²) in [4.78, 5) is 11.5. The van der Waals surface area contributed by atoms with E-state index in [1.54, 1.807) is 6.20 Å². The van der Waals surface area contributed by atoms with Crippen LogP contribution in [0.15, 0.2) is 36.5 Å². The molecule has 2 aromatic rings. The van der Waals surface area contributed by atoms with Crippen molar-refractivity contribution in [3.05, 3.63) is 42.2 Å². The number of ether oxygens (including phenoxy) is 1. The van der Waals surface area contributed by atoms with E-state index in [-0.39, 0.29) is 18.6 Å². The fourth-order valence-electron chi connectivity index (χ4n) is 1.85. The molecule has 1 atom stereocenters. The zero-order valence-corrected chi connectivity index (χ0v) is 11.5. The molecule has 0 aliphatic carbocycles. The Kier molecular flexibility index (Phi) is 4.73. The Bertz CT molecular complexity index is 554. The first-order valence-corrected chi connectivity index (χ1v) is 6.33.